The van der Waals surface area contributed by atoms with Gasteiger partial charge in [-0.15, -0.1) is 0 Å². The molecule has 0 unspecified atom stereocenters. The van der Waals surface area contributed by atoms with Crippen LogP contribution in [0.4, 0.5) is 11.8 Å². The van der Waals surface area contributed by atoms with E-state index in [4.69, 9.17) is 14.7 Å². The maximum atomic E-state index is 5.48. The van der Waals surface area contributed by atoms with Crippen LogP contribution in [-0.2, 0) is 0 Å². The molecule has 6 nitrogen and oxygen atoms in total. The fourth-order valence-electron chi connectivity index (χ4n) is 5.19. The van der Waals surface area contributed by atoms with Crippen molar-refractivity contribution in [2.24, 2.45) is 0 Å². The Morgan fingerprint density at radius 3 is 2.38 bits per heavy atom. The van der Waals surface area contributed by atoms with Gasteiger partial charge in [0.05, 0.1) is 12.6 Å². The van der Waals surface area contributed by atoms with E-state index >= 15 is 0 Å². The van der Waals surface area contributed by atoms with Crippen molar-refractivity contribution in [3.8, 4) is 5.75 Å². The van der Waals surface area contributed by atoms with Crippen LogP contribution in [0.15, 0.2) is 18.2 Å². The molecule has 6 heteroatoms. The van der Waals surface area contributed by atoms with Gasteiger partial charge in [0.25, 0.3) is 0 Å². The monoisotopic (exact) mass is 397 g/mol. The summed E-state index contributed by atoms with van der Waals surface area (Å²) in [6.07, 6.45) is 5.81. The van der Waals surface area contributed by atoms with Gasteiger partial charge in [0.1, 0.15) is 11.6 Å². The van der Waals surface area contributed by atoms with E-state index in [1.165, 1.54) is 19.3 Å². The lowest BCUT2D eigenvalue weighted by atomic mass is 9.79. The minimum atomic E-state index is 0.0790. The first-order chi connectivity index (χ1) is 13.7. The Labute approximate surface area is 174 Å². The van der Waals surface area contributed by atoms with Crippen molar-refractivity contribution < 1.29 is 4.74 Å². The number of fused-ring (bicyclic) bond motifs is 1. The first-order valence-corrected chi connectivity index (χ1v) is 10.9. The normalized spacial score (nSPS) is 21.9. The maximum Gasteiger partial charge on any atom is 0.227 e. The largest absolute Gasteiger partial charge is 0.497 e. The zero-order valence-electron chi connectivity index (χ0n) is 18.5. The molecule has 158 valence electrons. The predicted molar refractivity (Wildman–Crippen MR) is 120 cm³/mol. The van der Waals surface area contributed by atoms with Gasteiger partial charge in [-0.3, -0.25) is 0 Å². The molecule has 2 saturated heterocycles. The summed E-state index contributed by atoms with van der Waals surface area (Å²) in [6.45, 7) is 11.2. The second kappa shape index (κ2) is 7.63. The van der Waals surface area contributed by atoms with Crippen molar-refractivity contribution in [3.05, 3.63) is 18.2 Å². The molecule has 29 heavy (non-hydrogen) atoms. The topological polar surface area (TPSA) is 62.3 Å². The molecule has 4 rings (SSSR count). The van der Waals surface area contributed by atoms with E-state index in [2.05, 4.69) is 49.3 Å². The van der Waals surface area contributed by atoms with Crippen molar-refractivity contribution in [1.82, 2.24) is 15.3 Å². The molecule has 2 aliphatic rings. The van der Waals surface area contributed by atoms with Crippen LogP contribution in [0.25, 0.3) is 10.9 Å². The van der Waals surface area contributed by atoms with E-state index in [1.807, 2.05) is 12.1 Å². The second-order valence-electron chi connectivity index (χ2n) is 9.95. The van der Waals surface area contributed by atoms with Gasteiger partial charge in [-0.2, -0.15) is 4.98 Å². The average Bonchev–Trinajstić information content (AvgIpc) is 2.65. The third-order valence-corrected chi connectivity index (χ3v) is 6.06. The van der Waals surface area contributed by atoms with E-state index in [0.717, 1.165) is 54.3 Å². The Bertz CT molecular complexity index is 857. The summed E-state index contributed by atoms with van der Waals surface area (Å²) in [5.74, 6) is 2.60. The molecule has 3 heterocycles. The number of benzene rings is 1. The third-order valence-electron chi connectivity index (χ3n) is 6.06. The van der Waals surface area contributed by atoms with E-state index in [9.17, 15) is 0 Å². The number of methoxy groups -OCH3 is 1. The standard InChI is InChI=1S/C23H35N5O/c1-22(2)14-16(15-23(3,4)27-22)24-20-18-13-17(29-5)9-10-19(18)25-21(26-20)28-11-7-6-8-12-28/h9-10,13,16,27H,6-8,11-12,14-15H2,1-5H3,(H,24,25,26). The summed E-state index contributed by atoms with van der Waals surface area (Å²) in [6, 6.07) is 6.43. The average molecular weight is 398 g/mol. The molecule has 2 aromatic rings. The zero-order chi connectivity index (χ0) is 20.6. The number of ether oxygens (including phenoxy) is 1. The van der Waals surface area contributed by atoms with Gasteiger partial charge in [-0.1, -0.05) is 0 Å². The molecule has 0 amide bonds. The quantitative estimate of drug-likeness (QED) is 0.800. The van der Waals surface area contributed by atoms with E-state index in [-0.39, 0.29) is 11.1 Å². The smallest absolute Gasteiger partial charge is 0.227 e. The van der Waals surface area contributed by atoms with E-state index < -0.39 is 0 Å². The molecule has 2 aliphatic heterocycles. The van der Waals surface area contributed by atoms with Crippen molar-refractivity contribution in [1.29, 1.82) is 0 Å². The number of aromatic nitrogens is 2. The molecule has 0 spiro atoms. The van der Waals surface area contributed by atoms with Gasteiger partial charge in [0, 0.05) is 35.6 Å². The van der Waals surface area contributed by atoms with Gasteiger partial charge < -0.3 is 20.3 Å². The van der Waals surface area contributed by atoms with Gasteiger partial charge >= 0.3 is 0 Å². The van der Waals surface area contributed by atoms with Crippen LogP contribution < -0.4 is 20.3 Å². The Balaban J connectivity index is 1.72. The second-order valence-corrected chi connectivity index (χ2v) is 9.95. The SMILES string of the molecule is COc1ccc2nc(N3CCCCC3)nc(NC3CC(C)(C)NC(C)(C)C3)c2c1. The van der Waals surface area contributed by atoms with Crippen molar-refractivity contribution in [3.63, 3.8) is 0 Å². The molecular formula is C23H35N5O. The minimum Gasteiger partial charge on any atom is -0.497 e. The maximum absolute atomic E-state index is 5.48. The van der Waals surface area contributed by atoms with Crippen LogP contribution in [0.1, 0.15) is 59.8 Å². The molecule has 1 aromatic heterocycles. The predicted octanol–water partition coefficient (Wildman–Crippen LogP) is 4.35. The van der Waals surface area contributed by atoms with Crippen LogP contribution in [0.3, 0.4) is 0 Å². The van der Waals surface area contributed by atoms with Gasteiger partial charge in [-0.05, 0) is 78.0 Å². The highest BCUT2D eigenvalue weighted by Gasteiger charge is 2.38. The summed E-state index contributed by atoms with van der Waals surface area (Å²) in [4.78, 5) is 12.2. The van der Waals surface area contributed by atoms with Crippen molar-refractivity contribution >= 4 is 22.7 Å². The highest BCUT2D eigenvalue weighted by molar-refractivity contribution is 5.91. The van der Waals surface area contributed by atoms with Crippen molar-refractivity contribution in [2.75, 3.05) is 30.4 Å². The third kappa shape index (κ3) is 4.58. The Kier molecular flexibility index (Phi) is 5.32. The lowest BCUT2D eigenvalue weighted by molar-refractivity contribution is 0.170. The first-order valence-electron chi connectivity index (χ1n) is 10.9. The van der Waals surface area contributed by atoms with Crippen LogP contribution in [-0.4, -0.2) is 47.3 Å². The fraction of sp³-hybridized carbons (Fsp3) is 0.652. The number of nitrogens with one attached hydrogen (secondary N) is 2. The number of hydrogen-bond donors (Lipinski definition) is 2. The molecular weight excluding hydrogens is 362 g/mol. The Hall–Kier alpha value is -2.08. The number of anilines is 2. The molecule has 2 fully saturated rings. The number of hydrogen-bond acceptors (Lipinski definition) is 6. The Morgan fingerprint density at radius 1 is 1.03 bits per heavy atom. The molecule has 0 atom stereocenters. The van der Waals surface area contributed by atoms with Crippen LogP contribution in [0.5, 0.6) is 5.75 Å². The molecule has 0 bridgehead atoms. The summed E-state index contributed by atoms with van der Waals surface area (Å²) in [7, 11) is 1.70. The minimum absolute atomic E-state index is 0.0790. The van der Waals surface area contributed by atoms with Gasteiger partial charge in [0.2, 0.25) is 5.95 Å². The van der Waals surface area contributed by atoms with Crippen LogP contribution >= 0.6 is 0 Å². The number of piperidine rings is 2. The number of rotatable bonds is 4. The first kappa shape index (κ1) is 20.2. The van der Waals surface area contributed by atoms with E-state index in [0.29, 0.717) is 6.04 Å². The molecule has 0 radical (unpaired) electrons. The van der Waals surface area contributed by atoms with Crippen LogP contribution in [0, 0.1) is 0 Å². The van der Waals surface area contributed by atoms with Gasteiger partial charge in [-0.25, -0.2) is 4.98 Å². The lowest BCUT2D eigenvalue weighted by Crippen LogP contribution is -2.60. The molecule has 1 aromatic carbocycles. The highest BCUT2D eigenvalue weighted by Crippen LogP contribution is 2.33. The summed E-state index contributed by atoms with van der Waals surface area (Å²) in [5, 5.41) is 8.58. The Morgan fingerprint density at radius 2 is 1.72 bits per heavy atom. The zero-order valence-corrected chi connectivity index (χ0v) is 18.5. The number of nitrogens with zero attached hydrogens (tertiary/aromatic N) is 3. The lowest BCUT2D eigenvalue weighted by Gasteiger charge is -2.46. The molecule has 0 saturated carbocycles. The summed E-state index contributed by atoms with van der Waals surface area (Å²) >= 11 is 0. The molecule has 0 aliphatic carbocycles. The van der Waals surface area contributed by atoms with Gasteiger partial charge in [0.15, 0.2) is 0 Å². The summed E-state index contributed by atoms with van der Waals surface area (Å²) < 4.78 is 5.48. The van der Waals surface area contributed by atoms with Crippen LogP contribution in [0.2, 0.25) is 0 Å². The molecule has 2 N–H and O–H groups in total. The fourth-order valence-corrected chi connectivity index (χ4v) is 5.19. The van der Waals surface area contributed by atoms with E-state index in [1.54, 1.807) is 7.11 Å². The van der Waals surface area contributed by atoms with Crippen molar-refractivity contribution in [2.45, 2.75) is 76.9 Å². The summed E-state index contributed by atoms with van der Waals surface area (Å²) in [5.41, 5.74) is 1.13. The highest BCUT2D eigenvalue weighted by atomic mass is 16.5.